The van der Waals surface area contributed by atoms with Crippen LogP contribution in [0, 0.1) is 0 Å². The highest BCUT2D eigenvalue weighted by Gasteiger charge is 2.29. The molecule has 1 N–H and O–H groups in total. The number of nitrogens with zero attached hydrogens (tertiary/aromatic N) is 3. The van der Waals surface area contributed by atoms with E-state index in [1.54, 1.807) is 18.4 Å². The van der Waals surface area contributed by atoms with E-state index in [9.17, 15) is 13.2 Å². The van der Waals surface area contributed by atoms with E-state index in [2.05, 4.69) is 15.5 Å². The molecule has 8 nitrogen and oxygen atoms in total. The molecular weight excluding hydrogens is 444 g/mol. The summed E-state index contributed by atoms with van der Waals surface area (Å²) in [5.41, 5.74) is 0.776. The number of amides is 1. The molecule has 4 rings (SSSR count). The maximum Gasteiger partial charge on any atom is 0.230 e. The molecule has 158 valence electrons. The van der Waals surface area contributed by atoms with Crippen molar-refractivity contribution >= 4 is 38.8 Å². The van der Waals surface area contributed by atoms with Crippen LogP contribution in [-0.4, -0.2) is 59.5 Å². The van der Waals surface area contributed by atoms with Crippen LogP contribution in [0.25, 0.3) is 16.4 Å². The average Bonchev–Trinajstić information content (AvgIpc) is 3.46. The van der Waals surface area contributed by atoms with Gasteiger partial charge in [0.05, 0.1) is 34.9 Å². The van der Waals surface area contributed by atoms with Crippen molar-refractivity contribution in [2.45, 2.75) is 17.6 Å². The van der Waals surface area contributed by atoms with Crippen molar-refractivity contribution in [2.24, 2.45) is 0 Å². The summed E-state index contributed by atoms with van der Waals surface area (Å²) in [6.45, 7) is 0. The van der Waals surface area contributed by atoms with Crippen LogP contribution in [0.2, 0.25) is 0 Å². The number of rotatable bonds is 7. The molecule has 1 aliphatic heterocycles. The molecular formula is C19H20N4O4S3. The Bertz CT molecular complexity index is 1140. The number of benzene rings is 1. The molecule has 0 aliphatic carbocycles. The molecule has 30 heavy (non-hydrogen) atoms. The Morgan fingerprint density at radius 3 is 2.83 bits per heavy atom. The summed E-state index contributed by atoms with van der Waals surface area (Å²) in [4.78, 5) is 13.3. The zero-order valence-electron chi connectivity index (χ0n) is 16.1. The number of hydrogen-bond acceptors (Lipinski definition) is 8. The molecule has 1 unspecified atom stereocenters. The van der Waals surface area contributed by atoms with Crippen molar-refractivity contribution in [3.8, 4) is 22.1 Å². The van der Waals surface area contributed by atoms with Gasteiger partial charge in [-0.2, -0.15) is 0 Å². The molecule has 1 atom stereocenters. The molecule has 3 heterocycles. The monoisotopic (exact) mass is 464 g/mol. The van der Waals surface area contributed by atoms with Gasteiger partial charge in [-0.1, -0.05) is 30.0 Å². The van der Waals surface area contributed by atoms with Crippen LogP contribution >= 0.6 is 23.1 Å². The molecule has 1 aliphatic rings. The van der Waals surface area contributed by atoms with E-state index in [4.69, 9.17) is 4.74 Å². The third kappa shape index (κ3) is 4.52. The fourth-order valence-corrected chi connectivity index (χ4v) is 6.40. The van der Waals surface area contributed by atoms with E-state index < -0.39 is 9.84 Å². The van der Waals surface area contributed by atoms with Gasteiger partial charge in [0.15, 0.2) is 20.8 Å². The van der Waals surface area contributed by atoms with Crippen molar-refractivity contribution in [3.05, 3.63) is 41.8 Å². The number of hydrogen-bond donors (Lipinski definition) is 1. The molecule has 1 aromatic carbocycles. The fourth-order valence-electron chi connectivity index (χ4n) is 3.27. The molecule has 1 amide bonds. The maximum absolute atomic E-state index is 12.4. The summed E-state index contributed by atoms with van der Waals surface area (Å²) in [5.74, 6) is 1.33. The SMILES string of the molecule is COc1ccccc1-n1c(SCC(=O)NC2CCS(=O)(=O)C2)nnc1-c1cccs1. The minimum atomic E-state index is -3.04. The van der Waals surface area contributed by atoms with E-state index >= 15 is 0 Å². The normalized spacial score (nSPS) is 17.7. The summed E-state index contributed by atoms with van der Waals surface area (Å²) in [7, 11) is -1.44. The first kappa shape index (κ1) is 20.9. The standard InChI is InChI=1S/C19H20N4O4S3/c1-27-15-6-3-2-5-14(15)23-18(16-7-4-9-28-16)21-22-19(23)29-11-17(24)20-13-8-10-30(25,26)12-13/h2-7,9,13H,8,10-12H2,1H3,(H,20,24). The third-order valence-electron chi connectivity index (χ3n) is 4.63. The van der Waals surface area contributed by atoms with Gasteiger partial charge in [-0.25, -0.2) is 8.42 Å². The maximum atomic E-state index is 12.4. The molecule has 11 heteroatoms. The summed E-state index contributed by atoms with van der Waals surface area (Å²) in [6, 6.07) is 11.1. The predicted molar refractivity (Wildman–Crippen MR) is 117 cm³/mol. The lowest BCUT2D eigenvalue weighted by molar-refractivity contribution is -0.119. The third-order valence-corrected chi connectivity index (χ3v) is 8.19. The quantitative estimate of drug-likeness (QED) is 0.536. The first-order valence-corrected chi connectivity index (χ1v) is 12.9. The van der Waals surface area contributed by atoms with Crippen LogP contribution in [0.3, 0.4) is 0 Å². The lowest BCUT2D eigenvalue weighted by Gasteiger charge is -2.14. The lowest BCUT2D eigenvalue weighted by atomic mass is 10.3. The topological polar surface area (TPSA) is 103 Å². The molecule has 2 aromatic heterocycles. The highest BCUT2D eigenvalue weighted by atomic mass is 32.2. The van der Waals surface area contributed by atoms with E-state index in [0.717, 1.165) is 10.6 Å². The van der Waals surface area contributed by atoms with Crippen molar-refractivity contribution < 1.29 is 17.9 Å². The van der Waals surface area contributed by atoms with Gasteiger partial charge in [-0.3, -0.25) is 9.36 Å². The second-order valence-corrected chi connectivity index (χ2v) is 10.9. The minimum Gasteiger partial charge on any atom is -0.495 e. The summed E-state index contributed by atoms with van der Waals surface area (Å²) >= 11 is 2.80. The van der Waals surface area contributed by atoms with Gasteiger partial charge in [0.25, 0.3) is 0 Å². The Morgan fingerprint density at radius 1 is 1.30 bits per heavy atom. The van der Waals surface area contributed by atoms with Crippen molar-refractivity contribution in [1.82, 2.24) is 20.1 Å². The highest BCUT2D eigenvalue weighted by molar-refractivity contribution is 7.99. The second kappa shape index (κ2) is 8.78. The molecule has 3 aromatic rings. The number of carbonyl (C=O) groups excluding carboxylic acids is 1. The van der Waals surface area contributed by atoms with Crippen molar-refractivity contribution in [2.75, 3.05) is 24.4 Å². The number of thioether (sulfide) groups is 1. The van der Waals surface area contributed by atoms with Crippen molar-refractivity contribution in [1.29, 1.82) is 0 Å². The number of carbonyl (C=O) groups is 1. The minimum absolute atomic E-state index is 0.00330. The van der Waals surface area contributed by atoms with Gasteiger partial charge in [-0.05, 0) is 30.0 Å². The van der Waals surface area contributed by atoms with Crippen LogP contribution < -0.4 is 10.1 Å². The van der Waals surface area contributed by atoms with Crippen LogP contribution in [0.4, 0.5) is 0 Å². The van der Waals surface area contributed by atoms with Crippen LogP contribution in [0.1, 0.15) is 6.42 Å². The van der Waals surface area contributed by atoms with E-state index in [-0.39, 0.29) is 29.2 Å². The van der Waals surface area contributed by atoms with Gasteiger partial charge in [-0.15, -0.1) is 21.5 Å². The van der Waals surface area contributed by atoms with Crippen LogP contribution in [-0.2, 0) is 14.6 Å². The Labute approximate surface area is 182 Å². The van der Waals surface area contributed by atoms with Gasteiger partial charge in [0, 0.05) is 6.04 Å². The zero-order chi connectivity index (χ0) is 21.1. The Hall–Kier alpha value is -2.37. The summed E-state index contributed by atoms with van der Waals surface area (Å²) in [6.07, 6.45) is 0.457. The van der Waals surface area contributed by atoms with Crippen LogP contribution in [0.15, 0.2) is 46.9 Å². The number of sulfone groups is 1. The molecule has 1 fully saturated rings. The van der Waals surface area contributed by atoms with E-state index in [1.165, 1.54) is 11.8 Å². The number of methoxy groups -OCH3 is 1. The second-order valence-electron chi connectivity index (χ2n) is 6.75. The fraction of sp³-hybridized carbons (Fsp3) is 0.316. The number of nitrogens with one attached hydrogen (secondary N) is 1. The van der Waals surface area contributed by atoms with E-state index in [0.29, 0.717) is 23.2 Å². The first-order valence-electron chi connectivity index (χ1n) is 9.22. The van der Waals surface area contributed by atoms with Gasteiger partial charge in [0.2, 0.25) is 5.91 Å². The Balaban J connectivity index is 1.57. The molecule has 0 saturated carbocycles. The first-order chi connectivity index (χ1) is 14.5. The predicted octanol–water partition coefficient (Wildman–Crippen LogP) is 2.40. The molecule has 0 radical (unpaired) electrons. The van der Waals surface area contributed by atoms with E-state index in [1.807, 2.05) is 46.3 Å². The number of thiophene rings is 1. The average molecular weight is 465 g/mol. The highest BCUT2D eigenvalue weighted by Crippen LogP contribution is 2.34. The summed E-state index contributed by atoms with van der Waals surface area (Å²) < 4.78 is 30.6. The Morgan fingerprint density at radius 2 is 2.13 bits per heavy atom. The lowest BCUT2D eigenvalue weighted by Crippen LogP contribution is -2.36. The number of para-hydroxylation sites is 2. The van der Waals surface area contributed by atoms with Crippen LogP contribution in [0.5, 0.6) is 5.75 Å². The smallest absolute Gasteiger partial charge is 0.230 e. The molecule has 0 bridgehead atoms. The van der Waals surface area contributed by atoms with Gasteiger partial charge in [0.1, 0.15) is 5.75 Å². The van der Waals surface area contributed by atoms with Gasteiger partial charge < -0.3 is 10.1 Å². The largest absolute Gasteiger partial charge is 0.495 e. The van der Waals surface area contributed by atoms with Gasteiger partial charge >= 0.3 is 0 Å². The number of aromatic nitrogens is 3. The zero-order valence-corrected chi connectivity index (χ0v) is 18.6. The molecule has 1 saturated heterocycles. The number of ether oxygens (including phenoxy) is 1. The Kier molecular flexibility index (Phi) is 6.11. The summed E-state index contributed by atoms with van der Waals surface area (Å²) in [5, 5.41) is 14.0. The van der Waals surface area contributed by atoms with Crippen molar-refractivity contribution in [3.63, 3.8) is 0 Å². The molecule has 0 spiro atoms.